The number of aromatic nitrogens is 2. The summed E-state index contributed by atoms with van der Waals surface area (Å²) in [6.45, 7) is 3.65. The van der Waals surface area contributed by atoms with Crippen LogP contribution >= 0.6 is 15.9 Å². The van der Waals surface area contributed by atoms with Gasteiger partial charge in [0.2, 0.25) is 5.95 Å². The molecule has 0 saturated heterocycles. The molecule has 2 N–H and O–H groups in total. The first kappa shape index (κ1) is 15.8. The third-order valence-corrected chi connectivity index (χ3v) is 3.24. The molecule has 22 heavy (non-hydrogen) atoms. The van der Waals surface area contributed by atoms with Crippen LogP contribution in [0.1, 0.15) is 17.0 Å². The Bertz CT molecular complexity index is 743. The summed E-state index contributed by atoms with van der Waals surface area (Å²) in [4.78, 5) is 18.5. The van der Waals surface area contributed by atoms with Gasteiger partial charge in [-0.25, -0.2) is 15.4 Å². The summed E-state index contributed by atoms with van der Waals surface area (Å²) in [7, 11) is 0. The molecule has 9 heteroatoms. The van der Waals surface area contributed by atoms with Gasteiger partial charge in [0.15, 0.2) is 0 Å². The average molecular weight is 366 g/mol. The van der Waals surface area contributed by atoms with E-state index in [0.717, 1.165) is 11.4 Å². The fraction of sp³-hybridized carbons (Fsp3) is 0.154. The summed E-state index contributed by atoms with van der Waals surface area (Å²) in [5, 5.41) is 24.6. The number of nitro benzene ring substituents is 1. The number of hydrogen-bond acceptors (Lipinski definition) is 7. The highest BCUT2D eigenvalue weighted by atomic mass is 79.9. The largest absolute Gasteiger partial charge is 0.506 e. The lowest BCUT2D eigenvalue weighted by Crippen LogP contribution is -2.00. The number of nitrogens with zero attached hydrogens (tertiary/aromatic N) is 4. The molecule has 1 aromatic carbocycles. The molecule has 8 nitrogen and oxygen atoms in total. The Morgan fingerprint density at radius 1 is 1.32 bits per heavy atom. The Kier molecular flexibility index (Phi) is 4.66. The number of benzene rings is 1. The van der Waals surface area contributed by atoms with E-state index >= 15 is 0 Å². The van der Waals surface area contributed by atoms with E-state index in [-0.39, 0.29) is 21.5 Å². The van der Waals surface area contributed by atoms with Crippen LogP contribution in [0.15, 0.2) is 27.8 Å². The van der Waals surface area contributed by atoms with Gasteiger partial charge in [-0.3, -0.25) is 10.1 Å². The minimum atomic E-state index is -0.554. The molecule has 2 rings (SSSR count). The molecule has 0 fully saturated rings. The number of aromatic hydroxyl groups is 1. The van der Waals surface area contributed by atoms with Crippen molar-refractivity contribution < 1.29 is 10.0 Å². The van der Waals surface area contributed by atoms with Gasteiger partial charge >= 0.3 is 0 Å². The van der Waals surface area contributed by atoms with Gasteiger partial charge in [0, 0.05) is 29.1 Å². The molecule has 114 valence electrons. The second-order valence-corrected chi connectivity index (χ2v) is 5.32. The van der Waals surface area contributed by atoms with Gasteiger partial charge in [-0.2, -0.15) is 5.10 Å². The molecular weight excluding hydrogens is 354 g/mol. The van der Waals surface area contributed by atoms with Crippen LogP contribution in [0, 0.1) is 24.0 Å². The minimum absolute atomic E-state index is 0.141. The predicted octanol–water partition coefficient (Wildman–Crippen LogP) is 2.92. The van der Waals surface area contributed by atoms with Crippen molar-refractivity contribution in [3.63, 3.8) is 0 Å². The van der Waals surface area contributed by atoms with Gasteiger partial charge in [0.25, 0.3) is 5.69 Å². The molecule has 0 aliphatic carbocycles. The van der Waals surface area contributed by atoms with Gasteiger partial charge in [0.1, 0.15) is 5.75 Å². The first-order valence-corrected chi connectivity index (χ1v) is 6.94. The van der Waals surface area contributed by atoms with Gasteiger partial charge in [-0.05, 0) is 35.8 Å². The lowest BCUT2D eigenvalue weighted by atomic mass is 10.2. The fourth-order valence-corrected chi connectivity index (χ4v) is 2.21. The summed E-state index contributed by atoms with van der Waals surface area (Å²) >= 11 is 3.06. The number of aryl methyl sites for hydroxylation is 2. The molecule has 0 spiro atoms. The third-order valence-electron chi connectivity index (χ3n) is 2.64. The van der Waals surface area contributed by atoms with E-state index in [4.69, 9.17) is 0 Å². The Hall–Kier alpha value is -2.55. The van der Waals surface area contributed by atoms with Crippen molar-refractivity contribution in [1.82, 2.24) is 9.97 Å². The standard InChI is InChI=1S/C13H12BrN5O3/c1-7-3-8(2)17-13(16-7)18-15-6-9-4-10(19(21)22)5-11(14)12(9)20/h3-6,20H,1-2H3,(H,16,17,18)/b15-6+. The van der Waals surface area contributed by atoms with Crippen LogP contribution in [0.4, 0.5) is 11.6 Å². The maximum absolute atomic E-state index is 10.8. The highest BCUT2D eigenvalue weighted by Gasteiger charge is 2.13. The van der Waals surface area contributed by atoms with Crippen LogP contribution in [0.3, 0.4) is 0 Å². The first-order chi connectivity index (χ1) is 10.4. The molecule has 1 aromatic heterocycles. The molecular formula is C13H12BrN5O3. The maximum Gasteiger partial charge on any atom is 0.271 e. The number of nitrogens with one attached hydrogen (secondary N) is 1. The van der Waals surface area contributed by atoms with E-state index < -0.39 is 4.92 Å². The number of rotatable bonds is 4. The van der Waals surface area contributed by atoms with Crippen molar-refractivity contribution in [2.75, 3.05) is 5.43 Å². The molecule has 0 aliphatic heterocycles. The van der Waals surface area contributed by atoms with E-state index in [1.54, 1.807) is 0 Å². The number of halogens is 1. The maximum atomic E-state index is 10.8. The zero-order valence-corrected chi connectivity index (χ0v) is 13.3. The van der Waals surface area contributed by atoms with E-state index in [1.165, 1.54) is 18.3 Å². The number of hydrazone groups is 1. The lowest BCUT2D eigenvalue weighted by Gasteiger charge is -2.03. The van der Waals surface area contributed by atoms with Gasteiger partial charge in [0.05, 0.1) is 15.6 Å². The number of nitro groups is 1. The van der Waals surface area contributed by atoms with Crippen LogP contribution in [0.25, 0.3) is 0 Å². The summed E-state index contributed by atoms with van der Waals surface area (Å²) in [6, 6.07) is 4.25. The molecule has 0 amide bonds. The molecule has 0 unspecified atom stereocenters. The van der Waals surface area contributed by atoms with Crippen molar-refractivity contribution in [3.05, 3.63) is 49.7 Å². The van der Waals surface area contributed by atoms with Crippen LogP contribution < -0.4 is 5.43 Å². The summed E-state index contributed by atoms with van der Waals surface area (Å²) < 4.78 is 0.214. The number of non-ortho nitro benzene ring substituents is 1. The van der Waals surface area contributed by atoms with Crippen molar-refractivity contribution >= 4 is 33.8 Å². The molecule has 0 aliphatic rings. The molecule has 1 heterocycles. The highest BCUT2D eigenvalue weighted by Crippen LogP contribution is 2.31. The van der Waals surface area contributed by atoms with Crippen molar-refractivity contribution in [1.29, 1.82) is 0 Å². The SMILES string of the molecule is Cc1cc(C)nc(N/N=C/c2cc([N+](=O)[O-])cc(Br)c2O)n1. The first-order valence-electron chi connectivity index (χ1n) is 6.15. The smallest absolute Gasteiger partial charge is 0.271 e. The Balaban J connectivity index is 2.24. The normalized spacial score (nSPS) is 10.9. The molecule has 0 saturated carbocycles. The third kappa shape index (κ3) is 3.76. The topological polar surface area (TPSA) is 114 Å². The van der Waals surface area contributed by atoms with E-state index in [0.29, 0.717) is 5.95 Å². The quantitative estimate of drug-likeness (QED) is 0.489. The zero-order valence-electron chi connectivity index (χ0n) is 11.7. The second kappa shape index (κ2) is 6.48. The lowest BCUT2D eigenvalue weighted by molar-refractivity contribution is -0.385. The molecule has 0 bridgehead atoms. The van der Waals surface area contributed by atoms with E-state index in [2.05, 4.69) is 36.4 Å². The summed E-state index contributed by atoms with van der Waals surface area (Å²) in [5.74, 6) is 0.162. The number of phenols is 1. The number of hydrogen-bond donors (Lipinski definition) is 2. The number of phenolic OH excluding ortho intramolecular Hbond substituents is 1. The summed E-state index contributed by atoms with van der Waals surface area (Å²) in [5.41, 5.74) is 4.22. The average Bonchev–Trinajstić information content (AvgIpc) is 2.42. The van der Waals surface area contributed by atoms with Crippen LogP contribution in [0.2, 0.25) is 0 Å². The minimum Gasteiger partial charge on any atom is -0.506 e. The van der Waals surface area contributed by atoms with Crippen molar-refractivity contribution in [2.45, 2.75) is 13.8 Å². The van der Waals surface area contributed by atoms with E-state index in [1.807, 2.05) is 19.9 Å². The fourth-order valence-electron chi connectivity index (χ4n) is 1.74. The molecule has 0 radical (unpaired) electrons. The van der Waals surface area contributed by atoms with Crippen LogP contribution in [0.5, 0.6) is 5.75 Å². The van der Waals surface area contributed by atoms with E-state index in [9.17, 15) is 15.2 Å². The molecule has 2 aromatic rings. The Labute approximate surface area is 134 Å². The van der Waals surface area contributed by atoms with Crippen molar-refractivity contribution in [3.8, 4) is 5.75 Å². The van der Waals surface area contributed by atoms with Crippen LogP contribution in [-0.4, -0.2) is 26.2 Å². The Morgan fingerprint density at radius 3 is 2.55 bits per heavy atom. The Morgan fingerprint density at radius 2 is 1.95 bits per heavy atom. The highest BCUT2D eigenvalue weighted by molar-refractivity contribution is 9.10. The van der Waals surface area contributed by atoms with Gasteiger partial charge < -0.3 is 5.11 Å². The van der Waals surface area contributed by atoms with Crippen LogP contribution in [-0.2, 0) is 0 Å². The zero-order chi connectivity index (χ0) is 16.3. The van der Waals surface area contributed by atoms with Gasteiger partial charge in [-0.15, -0.1) is 0 Å². The second-order valence-electron chi connectivity index (χ2n) is 4.47. The van der Waals surface area contributed by atoms with Gasteiger partial charge in [-0.1, -0.05) is 0 Å². The summed E-state index contributed by atoms with van der Waals surface area (Å²) in [6.07, 6.45) is 1.26. The molecule has 0 atom stereocenters. The monoisotopic (exact) mass is 365 g/mol. The van der Waals surface area contributed by atoms with Crippen molar-refractivity contribution in [2.24, 2.45) is 5.10 Å². The number of anilines is 1. The predicted molar refractivity (Wildman–Crippen MR) is 85.2 cm³/mol.